The maximum atomic E-state index is 11.2. The van der Waals surface area contributed by atoms with Crippen LogP contribution in [-0.2, 0) is 13.5 Å². The highest BCUT2D eigenvalue weighted by Crippen LogP contribution is 2.28. The van der Waals surface area contributed by atoms with Gasteiger partial charge in [0.2, 0.25) is 11.7 Å². The fourth-order valence-corrected chi connectivity index (χ4v) is 1.97. The minimum Gasteiger partial charge on any atom is -0.475 e. The van der Waals surface area contributed by atoms with Crippen molar-refractivity contribution in [2.45, 2.75) is 33.1 Å². The zero-order chi connectivity index (χ0) is 14.2. The normalized spacial score (nSPS) is 11.2. The fourth-order valence-electron chi connectivity index (χ4n) is 1.97. The maximum absolute atomic E-state index is 11.2. The van der Waals surface area contributed by atoms with Crippen LogP contribution >= 0.6 is 0 Å². The molecule has 2 rings (SSSR count). The number of aromatic nitrogens is 3. The van der Waals surface area contributed by atoms with Crippen molar-refractivity contribution < 1.29 is 14.3 Å². The number of rotatable bonds is 4. The van der Waals surface area contributed by atoms with Crippen molar-refractivity contribution in [1.29, 1.82) is 0 Å². The third-order valence-electron chi connectivity index (χ3n) is 2.87. The highest BCUT2D eigenvalue weighted by atomic mass is 16.4. The Hall–Kier alpha value is -2.11. The van der Waals surface area contributed by atoms with Gasteiger partial charge < -0.3 is 9.52 Å². The van der Waals surface area contributed by atoms with E-state index in [0.717, 1.165) is 17.7 Å². The highest BCUT2D eigenvalue weighted by molar-refractivity contribution is 5.86. The molecule has 0 saturated carbocycles. The molecule has 0 fully saturated rings. The summed E-state index contributed by atoms with van der Waals surface area (Å²) in [6, 6.07) is 0. The van der Waals surface area contributed by atoms with Gasteiger partial charge in [-0.05, 0) is 12.3 Å². The van der Waals surface area contributed by atoms with Crippen LogP contribution in [0.25, 0.3) is 11.5 Å². The second kappa shape index (κ2) is 4.87. The summed E-state index contributed by atoms with van der Waals surface area (Å²) in [5, 5.41) is 13.5. The molecule has 102 valence electrons. The summed E-state index contributed by atoms with van der Waals surface area (Å²) < 4.78 is 7.09. The Morgan fingerprint density at radius 1 is 1.53 bits per heavy atom. The zero-order valence-corrected chi connectivity index (χ0v) is 11.5. The molecule has 6 nitrogen and oxygen atoms in total. The minimum atomic E-state index is -1.09. The van der Waals surface area contributed by atoms with Crippen LogP contribution in [0.5, 0.6) is 0 Å². The monoisotopic (exact) mass is 263 g/mol. The average molecular weight is 263 g/mol. The van der Waals surface area contributed by atoms with Gasteiger partial charge in [-0.2, -0.15) is 5.10 Å². The standard InChI is InChI=1S/C13H17N3O3/c1-5-9-8(6-16(4)15-9)12-14-10(7(2)3)11(19-12)13(17)18/h6-7H,5H2,1-4H3,(H,17,18). The van der Waals surface area contributed by atoms with Crippen LogP contribution in [0.2, 0.25) is 0 Å². The SMILES string of the molecule is CCc1nn(C)cc1-c1nc(C(C)C)c(C(=O)O)o1. The van der Waals surface area contributed by atoms with Crippen molar-refractivity contribution in [1.82, 2.24) is 14.8 Å². The van der Waals surface area contributed by atoms with Gasteiger partial charge in [0.05, 0.1) is 17.0 Å². The number of carboxylic acids is 1. The molecule has 0 aliphatic heterocycles. The van der Waals surface area contributed by atoms with Gasteiger partial charge in [0, 0.05) is 13.2 Å². The molecule has 2 aromatic heterocycles. The summed E-state index contributed by atoms with van der Waals surface area (Å²) in [6.07, 6.45) is 2.53. The van der Waals surface area contributed by atoms with E-state index in [1.165, 1.54) is 0 Å². The first kappa shape index (κ1) is 13.3. The lowest BCUT2D eigenvalue weighted by atomic mass is 10.1. The molecular weight excluding hydrogens is 246 g/mol. The molecule has 0 radical (unpaired) electrons. The van der Waals surface area contributed by atoms with E-state index in [4.69, 9.17) is 9.52 Å². The Balaban J connectivity index is 2.57. The Morgan fingerprint density at radius 3 is 2.68 bits per heavy atom. The number of hydrogen-bond donors (Lipinski definition) is 1. The van der Waals surface area contributed by atoms with Gasteiger partial charge in [-0.3, -0.25) is 4.68 Å². The minimum absolute atomic E-state index is 0.00894. The Morgan fingerprint density at radius 2 is 2.21 bits per heavy atom. The Labute approximate surface area is 111 Å². The number of aryl methyl sites for hydroxylation is 2. The molecule has 0 amide bonds. The lowest BCUT2D eigenvalue weighted by Crippen LogP contribution is -2.01. The van der Waals surface area contributed by atoms with E-state index >= 15 is 0 Å². The molecule has 0 aromatic carbocycles. The molecule has 2 aromatic rings. The average Bonchev–Trinajstić information content (AvgIpc) is 2.91. The highest BCUT2D eigenvalue weighted by Gasteiger charge is 2.24. The van der Waals surface area contributed by atoms with Gasteiger partial charge in [0.25, 0.3) is 0 Å². The smallest absolute Gasteiger partial charge is 0.373 e. The molecule has 0 aliphatic rings. The van der Waals surface area contributed by atoms with Gasteiger partial charge in [-0.15, -0.1) is 0 Å². The van der Waals surface area contributed by atoms with Crippen molar-refractivity contribution in [2.24, 2.45) is 7.05 Å². The van der Waals surface area contributed by atoms with Crippen molar-refractivity contribution in [3.05, 3.63) is 23.3 Å². The lowest BCUT2D eigenvalue weighted by Gasteiger charge is -1.98. The van der Waals surface area contributed by atoms with Crippen LogP contribution in [0, 0.1) is 0 Å². The predicted molar refractivity (Wildman–Crippen MR) is 69.1 cm³/mol. The Bertz CT molecular complexity index is 611. The van der Waals surface area contributed by atoms with E-state index in [2.05, 4.69) is 10.1 Å². The largest absolute Gasteiger partial charge is 0.475 e. The van der Waals surface area contributed by atoms with Crippen molar-refractivity contribution >= 4 is 5.97 Å². The van der Waals surface area contributed by atoms with Crippen molar-refractivity contribution in [3.8, 4) is 11.5 Å². The quantitative estimate of drug-likeness (QED) is 0.916. The first-order valence-corrected chi connectivity index (χ1v) is 6.20. The molecule has 6 heteroatoms. The summed E-state index contributed by atoms with van der Waals surface area (Å²) >= 11 is 0. The van der Waals surface area contributed by atoms with E-state index in [1.54, 1.807) is 10.9 Å². The molecular formula is C13H17N3O3. The van der Waals surface area contributed by atoms with E-state index in [1.807, 2.05) is 27.8 Å². The van der Waals surface area contributed by atoms with Gasteiger partial charge in [0.1, 0.15) is 0 Å². The third-order valence-corrected chi connectivity index (χ3v) is 2.87. The van der Waals surface area contributed by atoms with Crippen molar-refractivity contribution in [3.63, 3.8) is 0 Å². The number of carboxylic acid groups (broad SMARTS) is 1. The lowest BCUT2D eigenvalue weighted by molar-refractivity contribution is 0.0661. The van der Waals surface area contributed by atoms with Crippen LogP contribution in [0.4, 0.5) is 0 Å². The molecule has 19 heavy (non-hydrogen) atoms. The number of nitrogens with zero attached hydrogens (tertiary/aromatic N) is 3. The van der Waals surface area contributed by atoms with Crippen LogP contribution < -0.4 is 0 Å². The number of carbonyl (C=O) groups is 1. The number of hydrogen-bond acceptors (Lipinski definition) is 4. The maximum Gasteiger partial charge on any atom is 0.373 e. The molecule has 0 aliphatic carbocycles. The number of aromatic carboxylic acids is 1. The molecule has 0 bridgehead atoms. The Kier molecular flexibility index (Phi) is 3.42. The topological polar surface area (TPSA) is 81.2 Å². The van der Waals surface area contributed by atoms with E-state index in [-0.39, 0.29) is 11.7 Å². The summed E-state index contributed by atoms with van der Waals surface area (Å²) in [5.41, 5.74) is 2.06. The summed E-state index contributed by atoms with van der Waals surface area (Å²) in [7, 11) is 1.81. The second-order valence-electron chi connectivity index (χ2n) is 4.71. The van der Waals surface area contributed by atoms with Gasteiger partial charge in [-0.25, -0.2) is 9.78 Å². The summed E-state index contributed by atoms with van der Waals surface area (Å²) in [6.45, 7) is 5.76. The van der Waals surface area contributed by atoms with E-state index in [0.29, 0.717) is 11.6 Å². The second-order valence-corrected chi connectivity index (χ2v) is 4.71. The molecule has 0 spiro atoms. The fraction of sp³-hybridized carbons (Fsp3) is 0.462. The molecule has 0 saturated heterocycles. The first-order valence-electron chi connectivity index (χ1n) is 6.20. The van der Waals surface area contributed by atoms with Crippen molar-refractivity contribution in [2.75, 3.05) is 0 Å². The molecule has 0 unspecified atom stereocenters. The third kappa shape index (κ3) is 2.38. The molecule has 2 heterocycles. The first-order chi connectivity index (χ1) is 8.93. The molecule has 0 atom stereocenters. The van der Waals surface area contributed by atoms with E-state index in [9.17, 15) is 4.79 Å². The van der Waals surface area contributed by atoms with Crippen LogP contribution in [0.3, 0.4) is 0 Å². The van der Waals surface area contributed by atoms with Crippen LogP contribution in [-0.4, -0.2) is 25.8 Å². The van der Waals surface area contributed by atoms with Gasteiger partial charge >= 0.3 is 5.97 Å². The summed E-state index contributed by atoms with van der Waals surface area (Å²) in [4.78, 5) is 15.5. The zero-order valence-electron chi connectivity index (χ0n) is 11.5. The predicted octanol–water partition coefficient (Wildman–Crippen LogP) is 2.46. The van der Waals surface area contributed by atoms with Gasteiger partial charge in [-0.1, -0.05) is 20.8 Å². The number of oxazole rings is 1. The van der Waals surface area contributed by atoms with Crippen LogP contribution in [0.1, 0.15) is 48.6 Å². The van der Waals surface area contributed by atoms with Crippen LogP contribution in [0.15, 0.2) is 10.6 Å². The molecule has 1 N–H and O–H groups in total. The van der Waals surface area contributed by atoms with E-state index < -0.39 is 5.97 Å². The van der Waals surface area contributed by atoms with Gasteiger partial charge in [0.15, 0.2) is 0 Å². The summed E-state index contributed by atoms with van der Waals surface area (Å²) in [5.74, 6) is -0.864.